The Kier molecular flexibility index (Phi) is 12.8. The van der Waals surface area contributed by atoms with Crippen molar-refractivity contribution < 1.29 is 14.7 Å². The third kappa shape index (κ3) is 8.21. The number of fused-ring (bicyclic) bond motifs is 1. The largest absolute Gasteiger partial charge is 0.480 e. The summed E-state index contributed by atoms with van der Waals surface area (Å²) < 4.78 is 0. The molecule has 2 aliphatic carbocycles. The van der Waals surface area contributed by atoms with Crippen LogP contribution in [0.2, 0.25) is 0 Å². The Balaban J connectivity index is 1.48. The fourth-order valence-electron chi connectivity index (χ4n) is 6.41. The van der Waals surface area contributed by atoms with Gasteiger partial charge < -0.3 is 5.11 Å². The van der Waals surface area contributed by atoms with E-state index >= 15 is 0 Å². The summed E-state index contributed by atoms with van der Waals surface area (Å²) in [6.45, 7) is 2.27. The minimum Gasteiger partial charge on any atom is -0.480 e. The van der Waals surface area contributed by atoms with Crippen LogP contribution in [0.3, 0.4) is 0 Å². The Morgan fingerprint density at radius 1 is 0.710 bits per heavy atom. The van der Waals surface area contributed by atoms with Crippen molar-refractivity contribution in [3.8, 4) is 0 Å². The second-order valence-electron chi connectivity index (χ2n) is 10.6. The van der Waals surface area contributed by atoms with Gasteiger partial charge in [0.25, 0.3) is 0 Å². The van der Waals surface area contributed by atoms with Gasteiger partial charge in [0.05, 0.1) is 0 Å². The van der Waals surface area contributed by atoms with Crippen LogP contribution in [0.4, 0.5) is 0 Å². The van der Waals surface area contributed by atoms with Gasteiger partial charge in [-0.2, -0.15) is 0 Å². The fraction of sp³-hybridized carbons (Fsp3) is 0.929. The van der Waals surface area contributed by atoms with Gasteiger partial charge in [-0.25, -0.2) is 0 Å². The first-order valence-corrected chi connectivity index (χ1v) is 13.9. The summed E-state index contributed by atoms with van der Waals surface area (Å²) in [7, 11) is 0. The second kappa shape index (κ2) is 15.1. The molecule has 2 aliphatic rings. The van der Waals surface area contributed by atoms with E-state index in [0.717, 1.165) is 38.5 Å². The zero-order valence-electron chi connectivity index (χ0n) is 20.5. The normalized spacial score (nSPS) is 25.5. The van der Waals surface area contributed by atoms with Crippen LogP contribution in [-0.4, -0.2) is 16.9 Å². The molecule has 0 radical (unpaired) electrons. The van der Waals surface area contributed by atoms with Crippen molar-refractivity contribution in [1.29, 1.82) is 0 Å². The van der Waals surface area contributed by atoms with E-state index in [1.807, 2.05) is 0 Å². The fourth-order valence-corrected chi connectivity index (χ4v) is 6.41. The number of ketones is 1. The molecular formula is C28H50O3. The van der Waals surface area contributed by atoms with Gasteiger partial charge >= 0.3 is 5.97 Å². The molecular weight excluding hydrogens is 384 g/mol. The lowest BCUT2D eigenvalue weighted by Gasteiger charge is -2.35. The van der Waals surface area contributed by atoms with Gasteiger partial charge in [-0.1, -0.05) is 116 Å². The Morgan fingerprint density at radius 2 is 1.19 bits per heavy atom. The molecule has 2 fully saturated rings. The molecule has 0 heterocycles. The molecule has 2 rings (SSSR count). The number of Topliss-reactive ketones (excluding diaryl/α,β-unsaturated/α-hetero) is 1. The monoisotopic (exact) mass is 434 g/mol. The van der Waals surface area contributed by atoms with Crippen LogP contribution >= 0.6 is 0 Å². The molecule has 1 N–H and O–H groups in total. The van der Waals surface area contributed by atoms with Crippen LogP contribution in [0, 0.1) is 17.3 Å². The van der Waals surface area contributed by atoms with Crippen LogP contribution in [0.25, 0.3) is 0 Å². The highest BCUT2D eigenvalue weighted by atomic mass is 16.4. The molecule has 0 aromatic heterocycles. The van der Waals surface area contributed by atoms with Crippen molar-refractivity contribution >= 4 is 11.8 Å². The number of hydrogen-bond donors (Lipinski definition) is 1. The molecule has 0 aliphatic heterocycles. The minimum atomic E-state index is -1.04. The summed E-state index contributed by atoms with van der Waals surface area (Å²) in [6.07, 6.45) is 26.0. The van der Waals surface area contributed by atoms with E-state index in [-0.39, 0.29) is 11.7 Å². The summed E-state index contributed by atoms with van der Waals surface area (Å²) in [5.74, 6) is -0.186. The molecule has 0 saturated heterocycles. The topological polar surface area (TPSA) is 54.4 Å². The van der Waals surface area contributed by atoms with Crippen molar-refractivity contribution in [1.82, 2.24) is 0 Å². The second-order valence-corrected chi connectivity index (χ2v) is 10.6. The number of carboxylic acids is 1. The van der Waals surface area contributed by atoms with Crippen LogP contribution in [0.15, 0.2) is 0 Å². The molecule has 0 aromatic rings. The van der Waals surface area contributed by atoms with Crippen LogP contribution in [0.5, 0.6) is 0 Å². The lowest BCUT2D eigenvalue weighted by atomic mass is 9.66. The van der Waals surface area contributed by atoms with E-state index in [9.17, 15) is 14.7 Å². The quantitative estimate of drug-likeness (QED) is 0.174. The van der Waals surface area contributed by atoms with E-state index in [0.29, 0.717) is 18.8 Å². The van der Waals surface area contributed by atoms with E-state index < -0.39 is 11.4 Å². The predicted molar refractivity (Wildman–Crippen MR) is 129 cm³/mol. The standard InChI is InChI=1S/C28H50O3/c1-2-3-4-5-6-7-8-9-10-11-12-13-14-15-16-21-26(29)28(27(30)31)23-22-24-19-17-18-20-25(24)28/h24-25H,2-23H2,1H3,(H,30,31). The molecule has 3 heteroatoms. The van der Waals surface area contributed by atoms with Gasteiger partial charge in [0.2, 0.25) is 0 Å². The van der Waals surface area contributed by atoms with Gasteiger partial charge in [0.1, 0.15) is 11.2 Å². The molecule has 0 aromatic carbocycles. The van der Waals surface area contributed by atoms with E-state index in [2.05, 4.69) is 6.92 Å². The highest BCUT2D eigenvalue weighted by Crippen LogP contribution is 2.54. The lowest BCUT2D eigenvalue weighted by Crippen LogP contribution is -2.44. The molecule has 3 unspecified atom stereocenters. The molecule has 180 valence electrons. The van der Waals surface area contributed by atoms with Gasteiger partial charge in [0, 0.05) is 6.42 Å². The zero-order valence-corrected chi connectivity index (χ0v) is 20.5. The smallest absolute Gasteiger partial charge is 0.317 e. The van der Waals surface area contributed by atoms with E-state index in [4.69, 9.17) is 0 Å². The van der Waals surface area contributed by atoms with Crippen molar-refractivity contribution in [3.63, 3.8) is 0 Å². The highest BCUT2D eigenvalue weighted by molar-refractivity contribution is 6.03. The van der Waals surface area contributed by atoms with Crippen molar-refractivity contribution in [2.75, 3.05) is 0 Å². The Hall–Kier alpha value is -0.860. The van der Waals surface area contributed by atoms with Crippen LogP contribution in [0.1, 0.15) is 148 Å². The van der Waals surface area contributed by atoms with E-state index in [1.165, 1.54) is 89.9 Å². The summed E-state index contributed by atoms with van der Waals surface area (Å²) >= 11 is 0. The zero-order chi connectivity index (χ0) is 22.4. The maximum atomic E-state index is 13.0. The molecule has 31 heavy (non-hydrogen) atoms. The average molecular weight is 435 g/mol. The van der Waals surface area contributed by atoms with Crippen molar-refractivity contribution in [2.45, 2.75) is 148 Å². The predicted octanol–water partition coefficient (Wildman–Crippen LogP) is 8.49. The number of unbranched alkanes of at least 4 members (excludes halogenated alkanes) is 14. The molecule has 0 spiro atoms. The van der Waals surface area contributed by atoms with E-state index in [1.54, 1.807) is 0 Å². The Morgan fingerprint density at radius 3 is 1.71 bits per heavy atom. The number of carbonyl (C=O) groups excluding carboxylic acids is 1. The first kappa shape index (κ1) is 26.4. The average Bonchev–Trinajstić information content (AvgIpc) is 3.17. The number of carboxylic acid groups (broad SMARTS) is 1. The third-order valence-corrected chi connectivity index (χ3v) is 8.34. The van der Waals surface area contributed by atoms with Gasteiger partial charge in [-0.05, 0) is 37.5 Å². The van der Waals surface area contributed by atoms with Crippen LogP contribution in [-0.2, 0) is 9.59 Å². The minimum absolute atomic E-state index is 0.0455. The first-order valence-electron chi connectivity index (χ1n) is 13.9. The molecule has 3 atom stereocenters. The molecule has 0 amide bonds. The highest BCUT2D eigenvalue weighted by Gasteiger charge is 2.57. The Bertz CT molecular complexity index is 514. The number of hydrogen-bond acceptors (Lipinski definition) is 2. The summed E-state index contributed by atoms with van der Waals surface area (Å²) in [5, 5.41) is 9.98. The third-order valence-electron chi connectivity index (χ3n) is 8.34. The number of carbonyl (C=O) groups is 2. The van der Waals surface area contributed by atoms with Crippen LogP contribution < -0.4 is 0 Å². The van der Waals surface area contributed by atoms with Gasteiger partial charge in [-0.3, -0.25) is 9.59 Å². The SMILES string of the molecule is CCCCCCCCCCCCCCCCCC(=O)C1(C(=O)O)CCC2CCCCC21. The molecule has 3 nitrogen and oxygen atoms in total. The first-order chi connectivity index (χ1) is 15.1. The maximum absolute atomic E-state index is 13.0. The van der Waals surface area contributed by atoms with Crippen molar-refractivity contribution in [3.05, 3.63) is 0 Å². The summed E-state index contributed by atoms with van der Waals surface area (Å²) in [6, 6.07) is 0. The number of aliphatic carboxylic acids is 1. The Labute approximate surface area is 192 Å². The lowest BCUT2D eigenvalue weighted by molar-refractivity contribution is -0.159. The van der Waals surface area contributed by atoms with Gasteiger partial charge in [0.15, 0.2) is 0 Å². The number of rotatable bonds is 18. The summed E-state index contributed by atoms with van der Waals surface area (Å²) in [4.78, 5) is 25.2. The molecule has 2 saturated carbocycles. The van der Waals surface area contributed by atoms with Crippen molar-refractivity contribution in [2.24, 2.45) is 17.3 Å². The summed E-state index contributed by atoms with van der Waals surface area (Å²) in [5.41, 5.74) is -1.04. The van der Waals surface area contributed by atoms with Gasteiger partial charge in [-0.15, -0.1) is 0 Å². The maximum Gasteiger partial charge on any atom is 0.317 e. The molecule has 0 bridgehead atoms.